The predicted octanol–water partition coefficient (Wildman–Crippen LogP) is 1.51. The first-order valence-electron chi connectivity index (χ1n) is 8.92. The molecule has 0 unspecified atom stereocenters. The van der Waals surface area contributed by atoms with E-state index in [-0.39, 0.29) is 5.91 Å². The van der Waals surface area contributed by atoms with Gasteiger partial charge in [0.1, 0.15) is 0 Å². The van der Waals surface area contributed by atoms with E-state index in [4.69, 9.17) is 10.5 Å². The number of hydrogen-bond acceptors (Lipinski definition) is 5. The molecule has 0 spiro atoms. The quantitative estimate of drug-likeness (QED) is 0.742. The van der Waals surface area contributed by atoms with Crippen molar-refractivity contribution in [2.24, 2.45) is 5.73 Å². The highest BCUT2D eigenvalue weighted by atomic mass is 16.5. The second-order valence-corrected chi connectivity index (χ2v) is 6.44. The topological polar surface area (TPSA) is 103 Å². The van der Waals surface area contributed by atoms with Gasteiger partial charge >= 0.3 is 0 Å². The summed E-state index contributed by atoms with van der Waals surface area (Å²) in [5.74, 6) is -0.604. The van der Waals surface area contributed by atoms with Gasteiger partial charge in [0, 0.05) is 18.7 Å². The fourth-order valence-corrected chi connectivity index (χ4v) is 3.08. The zero-order valence-corrected chi connectivity index (χ0v) is 15.1. The van der Waals surface area contributed by atoms with Crippen molar-refractivity contribution in [2.45, 2.75) is 0 Å². The first kappa shape index (κ1) is 17.9. The Morgan fingerprint density at radius 3 is 2.46 bits per heavy atom. The van der Waals surface area contributed by atoms with Gasteiger partial charge in [-0.2, -0.15) is 0 Å². The van der Waals surface area contributed by atoms with Crippen LogP contribution < -0.4 is 5.73 Å². The van der Waals surface area contributed by atoms with E-state index < -0.39 is 5.91 Å². The number of carbonyl (C=O) groups excluding carboxylic acids is 2. The summed E-state index contributed by atoms with van der Waals surface area (Å²) in [6, 6.07) is 14.7. The molecule has 2 N–H and O–H groups in total. The van der Waals surface area contributed by atoms with Gasteiger partial charge in [0.2, 0.25) is 5.91 Å². The largest absolute Gasteiger partial charge is 0.378 e. The van der Waals surface area contributed by atoms with Crippen molar-refractivity contribution in [3.05, 3.63) is 66.0 Å². The van der Waals surface area contributed by atoms with E-state index in [0.29, 0.717) is 37.6 Å². The standard InChI is InChI=1S/C20H19N5O3/c21-19(26)16-3-1-2-15(12-16)14-4-6-17(7-5-14)25-13-18(22-23-25)20(27)24-8-10-28-11-9-24/h1-7,12-13H,8-11H2,(H2,21,26). The summed E-state index contributed by atoms with van der Waals surface area (Å²) in [7, 11) is 0. The number of aromatic nitrogens is 3. The minimum absolute atomic E-state index is 0.144. The summed E-state index contributed by atoms with van der Waals surface area (Å²) in [6.07, 6.45) is 1.63. The number of amides is 2. The zero-order valence-electron chi connectivity index (χ0n) is 15.1. The van der Waals surface area contributed by atoms with Crippen LogP contribution in [0.25, 0.3) is 16.8 Å². The summed E-state index contributed by atoms with van der Waals surface area (Å²) in [5, 5.41) is 8.08. The van der Waals surface area contributed by atoms with Crippen LogP contribution in [0.2, 0.25) is 0 Å². The van der Waals surface area contributed by atoms with Crippen molar-refractivity contribution < 1.29 is 14.3 Å². The fraction of sp³-hybridized carbons (Fsp3) is 0.200. The average molecular weight is 377 g/mol. The molecule has 2 amide bonds. The van der Waals surface area contributed by atoms with Crippen molar-refractivity contribution in [2.75, 3.05) is 26.3 Å². The summed E-state index contributed by atoms with van der Waals surface area (Å²) < 4.78 is 6.83. The lowest BCUT2D eigenvalue weighted by Crippen LogP contribution is -2.40. The summed E-state index contributed by atoms with van der Waals surface area (Å²) in [6.45, 7) is 2.20. The highest BCUT2D eigenvalue weighted by Gasteiger charge is 2.21. The molecule has 4 rings (SSSR count). The molecule has 0 saturated carbocycles. The van der Waals surface area contributed by atoms with Gasteiger partial charge in [-0.3, -0.25) is 9.59 Å². The number of carbonyl (C=O) groups is 2. The van der Waals surface area contributed by atoms with Gasteiger partial charge in [-0.1, -0.05) is 29.5 Å². The Bertz CT molecular complexity index is 1010. The number of nitrogens with zero attached hydrogens (tertiary/aromatic N) is 4. The average Bonchev–Trinajstić information content (AvgIpc) is 3.24. The molecule has 0 aliphatic carbocycles. The Balaban J connectivity index is 1.53. The lowest BCUT2D eigenvalue weighted by molar-refractivity contribution is 0.0299. The SMILES string of the molecule is NC(=O)c1cccc(-c2ccc(-n3cc(C(=O)N4CCOCC4)nn3)cc2)c1. The molecular weight excluding hydrogens is 358 g/mol. The van der Waals surface area contributed by atoms with Crippen LogP contribution in [-0.2, 0) is 4.74 Å². The first-order chi connectivity index (χ1) is 13.6. The number of hydrogen-bond donors (Lipinski definition) is 1. The Kier molecular flexibility index (Phi) is 4.86. The van der Waals surface area contributed by atoms with Crippen molar-refractivity contribution in [3.63, 3.8) is 0 Å². The van der Waals surface area contributed by atoms with E-state index in [1.807, 2.05) is 30.3 Å². The summed E-state index contributed by atoms with van der Waals surface area (Å²) >= 11 is 0. The van der Waals surface area contributed by atoms with Gasteiger partial charge in [-0.15, -0.1) is 5.10 Å². The smallest absolute Gasteiger partial charge is 0.276 e. The Morgan fingerprint density at radius 2 is 1.75 bits per heavy atom. The second kappa shape index (κ2) is 7.61. The third-order valence-electron chi connectivity index (χ3n) is 4.62. The van der Waals surface area contributed by atoms with Crippen molar-refractivity contribution in [1.29, 1.82) is 0 Å². The molecule has 2 heterocycles. The Hall–Kier alpha value is -3.52. The van der Waals surface area contributed by atoms with E-state index in [9.17, 15) is 9.59 Å². The molecule has 142 valence electrons. The van der Waals surface area contributed by atoms with Crippen LogP contribution in [0.4, 0.5) is 0 Å². The maximum atomic E-state index is 12.5. The van der Waals surface area contributed by atoms with Gasteiger partial charge in [0.05, 0.1) is 25.1 Å². The van der Waals surface area contributed by atoms with Crippen LogP contribution >= 0.6 is 0 Å². The molecule has 1 aliphatic heterocycles. The van der Waals surface area contributed by atoms with E-state index in [1.165, 1.54) is 0 Å². The summed E-state index contributed by atoms with van der Waals surface area (Å²) in [5.41, 5.74) is 8.73. The molecule has 1 fully saturated rings. The molecule has 8 nitrogen and oxygen atoms in total. The number of ether oxygens (including phenoxy) is 1. The van der Waals surface area contributed by atoms with Gasteiger partial charge in [-0.25, -0.2) is 4.68 Å². The Labute approximate surface area is 161 Å². The number of morpholine rings is 1. The monoisotopic (exact) mass is 377 g/mol. The molecule has 1 aliphatic rings. The number of rotatable bonds is 4. The first-order valence-corrected chi connectivity index (χ1v) is 8.92. The van der Waals surface area contributed by atoms with E-state index in [1.54, 1.807) is 34.0 Å². The molecule has 3 aromatic rings. The Morgan fingerprint density at radius 1 is 1.00 bits per heavy atom. The van der Waals surface area contributed by atoms with Crippen molar-refractivity contribution >= 4 is 11.8 Å². The van der Waals surface area contributed by atoms with Gasteiger partial charge in [-0.05, 0) is 35.4 Å². The molecule has 1 aromatic heterocycles. The number of nitrogens with two attached hydrogens (primary N) is 1. The van der Waals surface area contributed by atoms with Gasteiger partial charge in [0.25, 0.3) is 5.91 Å². The molecule has 0 atom stereocenters. The third kappa shape index (κ3) is 3.63. The fourth-order valence-electron chi connectivity index (χ4n) is 3.08. The molecule has 1 saturated heterocycles. The lowest BCUT2D eigenvalue weighted by atomic mass is 10.0. The third-order valence-corrected chi connectivity index (χ3v) is 4.62. The predicted molar refractivity (Wildman–Crippen MR) is 102 cm³/mol. The molecular formula is C20H19N5O3. The molecule has 0 bridgehead atoms. The normalized spacial score (nSPS) is 14.1. The molecule has 8 heteroatoms. The van der Waals surface area contributed by atoms with Crippen LogP contribution in [-0.4, -0.2) is 58.0 Å². The van der Waals surface area contributed by atoms with Crippen molar-refractivity contribution in [1.82, 2.24) is 19.9 Å². The van der Waals surface area contributed by atoms with E-state index >= 15 is 0 Å². The maximum absolute atomic E-state index is 12.5. The number of primary amides is 1. The molecule has 2 aromatic carbocycles. The minimum atomic E-state index is -0.460. The van der Waals surface area contributed by atoms with Crippen LogP contribution in [0.15, 0.2) is 54.7 Å². The van der Waals surface area contributed by atoms with Crippen LogP contribution in [0.1, 0.15) is 20.8 Å². The maximum Gasteiger partial charge on any atom is 0.276 e. The van der Waals surface area contributed by atoms with E-state index in [2.05, 4.69) is 10.3 Å². The lowest BCUT2D eigenvalue weighted by Gasteiger charge is -2.25. The summed E-state index contributed by atoms with van der Waals surface area (Å²) in [4.78, 5) is 25.6. The van der Waals surface area contributed by atoms with Crippen LogP contribution in [0.5, 0.6) is 0 Å². The molecule has 28 heavy (non-hydrogen) atoms. The highest BCUT2D eigenvalue weighted by Crippen LogP contribution is 2.22. The second-order valence-electron chi connectivity index (χ2n) is 6.44. The highest BCUT2D eigenvalue weighted by molar-refractivity contribution is 5.94. The van der Waals surface area contributed by atoms with Crippen LogP contribution in [0, 0.1) is 0 Å². The van der Waals surface area contributed by atoms with E-state index in [0.717, 1.165) is 16.8 Å². The minimum Gasteiger partial charge on any atom is -0.378 e. The van der Waals surface area contributed by atoms with Gasteiger partial charge < -0.3 is 15.4 Å². The zero-order chi connectivity index (χ0) is 19.5. The van der Waals surface area contributed by atoms with Crippen molar-refractivity contribution in [3.8, 4) is 16.8 Å². The number of benzene rings is 2. The van der Waals surface area contributed by atoms with Gasteiger partial charge in [0.15, 0.2) is 5.69 Å². The molecule has 0 radical (unpaired) electrons. The van der Waals surface area contributed by atoms with Crippen LogP contribution in [0.3, 0.4) is 0 Å².